The van der Waals surface area contributed by atoms with Crippen LogP contribution in [-0.4, -0.2) is 6.04 Å². The zero-order chi connectivity index (χ0) is 15.4. The van der Waals surface area contributed by atoms with Crippen molar-refractivity contribution in [3.8, 4) is 5.75 Å². The Morgan fingerprint density at radius 2 is 1.62 bits per heavy atom. The van der Waals surface area contributed by atoms with Gasteiger partial charge in [-0.2, -0.15) is 0 Å². The van der Waals surface area contributed by atoms with Crippen LogP contribution in [0.2, 0.25) is 10.0 Å². The molecule has 21 heavy (non-hydrogen) atoms. The topological polar surface area (TPSA) is 35.2 Å². The van der Waals surface area contributed by atoms with Crippen LogP contribution >= 0.6 is 23.2 Å². The molecule has 0 spiro atoms. The van der Waals surface area contributed by atoms with Crippen molar-refractivity contribution in [3.05, 3.63) is 63.6 Å². The molecule has 2 unspecified atom stereocenters. The van der Waals surface area contributed by atoms with Gasteiger partial charge < -0.3 is 10.5 Å². The molecule has 0 saturated carbocycles. The predicted molar refractivity (Wildman–Crippen MR) is 89.3 cm³/mol. The van der Waals surface area contributed by atoms with Gasteiger partial charge in [-0.1, -0.05) is 60.0 Å². The minimum atomic E-state index is -0.231. The van der Waals surface area contributed by atoms with E-state index >= 15 is 0 Å². The third-order valence-corrected chi connectivity index (χ3v) is 3.80. The lowest BCUT2D eigenvalue weighted by Crippen LogP contribution is -2.31. The van der Waals surface area contributed by atoms with Gasteiger partial charge in [-0.3, -0.25) is 0 Å². The first kappa shape index (κ1) is 16.2. The summed E-state index contributed by atoms with van der Waals surface area (Å²) in [6.07, 6.45) is 0.581. The fourth-order valence-electron chi connectivity index (χ4n) is 2.12. The van der Waals surface area contributed by atoms with Crippen molar-refractivity contribution >= 4 is 23.2 Å². The standard InChI is InChI=1S/C17H19Cl2NO/c1-3-16(20)17(12-6-4-11(2)5-7-12)21-15-9-13(18)8-14(19)10-15/h4-10,16-17H,3,20H2,1-2H3. The number of ether oxygens (including phenoxy) is 1. The Kier molecular flexibility index (Phi) is 5.51. The first-order valence-electron chi connectivity index (χ1n) is 6.94. The molecule has 2 atom stereocenters. The molecule has 0 aliphatic rings. The van der Waals surface area contributed by atoms with E-state index < -0.39 is 0 Å². The van der Waals surface area contributed by atoms with Gasteiger partial charge in [0, 0.05) is 16.1 Å². The number of rotatable bonds is 5. The number of benzene rings is 2. The molecule has 2 aromatic rings. The molecule has 0 saturated heterocycles. The van der Waals surface area contributed by atoms with Crippen LogP contribution in [0.4, 0.5) is 0 Å². The third-order valence-electron chi connectivity index (χ3n) is 3.37. The van der Waals surface area contributed by atoms with Gasteiger partial charge in [0.2, 0.25) is 0 Å². The van der Waals surface area contributed by atoms with Gasteiger partial charge in [0.1, 0.15) is 11.9 Å². The van der Waals surface area contributed by atoms with Crippen molar-refractivity contribution in [1.29, 1.82) is 0 Å². The number of halogens is 2. The van der Waals surface area contributed by atoms with E-state index in [1.54, 1.807) is 18.2 Å². The van der Waals surface area contributed by atoms with Crippen molar-refractivity contribution in [2.24, 2.45) is 5.73 Å². The van der Waals surface area contributed by atoms with Crippen molar-refractivity contribution in [2.75, 3.05) is 0 Å². The molecule has 2 aromatic carbocycles. The average Bonchev–Trinajstić information content (AvgIpc) is 2.44. The monoisotopic (exact) mass is 323 g/mol. The zero-order valence-electron chi connectivity index (χ0n) is 12.1. The van der Waals surface area contributed by atoms with Crippen LogP contribution in [0.25, 0.3) is 0 Å². The molecule has 0 radical (unpaired) electrons. The second-order valence-corrected chi connectivity index (χ2v) is 6.00. The highest BCUT2D eigenvalue weighted by atomic mass is 35.5. The van der Waals surface area contributed by atoms with Crippen LogP contribution in [0.1, 0.15) is 30.6 Å². The molecule has 0 bridgehead atoms. The lowest BCUT2D eigenvalue weighted by atomic mass is 10.00. The Labute approximate surface area is 135 Å². The van der Waals surface area contributed by atoms with E-state index in [9.17, 15) is 0 Å². The van der Waals surface area contributed by atoms with Crippen LogP contribution < -0.4 is 10.5 Å². The zero-order valence-corrected chi connectivity index (χ0v) is 13.7. The summed E-state index contributed by atoms with van der Waals surface area (Å²) in [4.78, 5) is 0. The summed E-state index contributed by atoms with van der Waals surface area (Å²) in [7, 11) is 0. The van der Waals surface area contributed by atoms with Crippen molar-refractivity contribution in [2.45, 2.75) is 32.4 Å². The quantitative estimate of drug-likeness (QED) is 0.824. The molecule has 0 aliphatic heterocycles. The van der Waals surface area contributed by atoms with E-state index in [0.29, 0.717) is 15.8 Å². The minimum absolute atomic E-state index is 0.106. The number of nitrogens with two attached hydrogens (primary N) is 1. The van der Waals surface area contributed by atoms with E-state index in [1.807, 2.05) is 19.1 Å². The number of aryl methyl sites for hydroxylation is 1. The lowest BCUT2D eigenvalue weighted by molar-refractivity contribution is 0.171. The Balaban J connectivity index is 2.30. The summed E-state index contributed by atoms with van der Waals surface area (Å²) in [5, 5.41) is 1.09. The number of hydrogen-bond acceptors (Lipinski definition) is 2. The second-order valence-electron chi connectivity index (χ2n) is 5.13. The first-order valence-corrected chi connectivity index (χ1v) is 7.70. The van der Waals surface area contributed by atoms with Gasteiger partial charge in [-0.25, -0.2) is 0 Å². The SMILES string of the molecule is CCC(N)C(Oc1cc(Cl)cc(Cl)c1)c1ccc(C)cc1. The average molecular weight is 324 g/mol. The van der Waals surface area contributed by atoms with Crippen LogP contribution in [0, 0.1) is 6.92 Å². The molecule has 112 valence electrons. The summed E-state index contributed by atoms with van der Waals surface area (Å²) in [6, 6.07) is 13.3. The van der Waals surface area contributed by atoms with Crippen LogP contribution in [0.15, 0.2) is 42.5 Å². The molecule has 2 N–H and O–H groups in total. The highest BCUT2D eigenvalue weighted by Crippen LogP contribution is 2.30. The number of hydrogen-bond donors (Lipinski definition) is 1. The van der Waals surface area contributed by atoms with Crippen molar-refractivity contribution in [1.82, 2.24) is 0 Å². The normalized spacial score (nSPS) is 13.8. The Morgan fingerprint density at radius 3 is 2.14 bits per heavy atom. The van der Waals surface area contributed by atoms with Crippen LogP contribution in [0.5, 0.6) is 5.75 Å². The van der Waals surface area contributed by atoms with Crippen LogP contribution in [0.3, 0.4) is 0 Å². The molecule has 2 nitrogen and oxygen atoms in total. The van der Waals surface area contributed by atoms with Crippen LogP contribution in [-0.2, 0) is 0 Å². The molecular weight excluding hydrogens is 305 g/mol. The molecule has 0 aliphatic carbocycles. The van der Waals surface area contributed by atoms with E-state index in [2.05, 4.69) is 19.1 Å². The van der Waals surface area contributed by atoms with Gasteiger partial charge in [-0.15, -0.1) is 0 Å². The maximum absolute atomic E-state index is 6.22. The lowest BCUT2D eigenvalue weighted by Gasteiger charge is -2.25. The maximum Gasteiger partial charge on any atom is 0.139 e. The van der Waals surface area contributed by atoms with Gasteiger partial charge in [-0.05, 0) is 37.1 Å². The second kappa shape index (κ2) is 7.17. The van der Waals surface area contributed by atoms with E-state index in [-0.39, 0.29) is 12.1 Å². The Hall–Kier alpha value is -1.22. The van der Waals surface area contributed by atoms with Gasteiger partial charge in [0.25, 0.3) is 0 Å². The summed E-state index contributed by atoms with van der Waals surface area (Å²) in [5.41, 5.74) is 8.47. The van der Waals surface area contributed by atoms with Gasteiger partial charge >= 0.3 is 0 Å². The third kappa shape index (κ3) is 4.37. The molecule has 0 amide bonds. The molecule has 0 aromatic heterocycles. The summed E-state index contributed by atoms with van der Waals surface area (Å²) >= 11 is 12.0. The molecule has 2 rings (SSSR count). The highest BCUT2D eigenvalue weighted by molar-refractivity contribution is 6.34. The Morgan fingerprint density at radius 1 is 1.05 bits per heavy atom. The molecule has 0 fully saturated rings. The molecular formula is C17H19Cl2NO. The van der Waals surface area contributed by atoms with E-state index in [1.165, 1.54) is 5.56 Å². The Bertz CT molecular complexity index is 578. The van der Waals surface area contributed by atoms with Crippen molar-refractivity contribution < 1.29 is 4.74 Å². The van der Waals surface area contributed by atoms with E-state index in [0.717, 1.165) is 12.0 Å². The summed E-state index contributed by atoms with van der Waals surface area (Å²) in [6.45, 7) is 4.09. The predicted octanol–water partition coefficient (Wildman–Crippen LogP) is 5.16. The molecule has 0 heterocycles. The minimum Gasteiger partial charge on any atom is -0.484 e. The van der Waals surface area contributed by atoms with Gasteiger partial charge in [0.15, 0.2) is 0 Å². The van der Waals surface area contributed by atoms with Crippen molar-refractivity contribution in [3.63, 3.8) is 0 Å². The molecule has 4 heteroatoms. The smallest absolute Gasteiger partial charge is 0.139 e. The fourth-order valence-corrected chi connectivity index (χ4v) is 2.62. The summed E-state index contributed by atoms with van der Waals surface area (Å²) < 4.78 is 6.06. The maximum atomic E-state index is 6.22. The fraction of sp³-hybridized carbons (Fsp3) is 0.294. The largest absolute Gasteiger partial charge is 0.484 e. The van der Waals surface area contributed by atoms with E-state index in [4.69, 9.17) is 33.7 Å². The first-order chi connectivity index (χ1) is 9.99. The highest BCUT2D eigenvalue weighted by Gasteiger charge is 2.20. The summed E-state index contributed by atoms with van der Waals surface area (Å²) in [5.74, 6) is 0.627. The van der Waals surface area contributed by atoms with Gasteiger partial charge in [0.05, 0.1) is 0 Å².